The van der Waals surface area contributed by atoms with Gasteiger partial charge in [0.2, 0.25) is 10.0 Å². The number of carbonyl (C=O) groups is 1. The summed E-state index contributed by atoms with van der Waals surface area (Å²) in [6.45, 7) is 7.78. The Bertz CT molecular complexity index is 600. The number of amides is 2. The number of benzene rings is 1. The molecule has 0 aliphatic carbocycles. The zero-order chi connectivity index (χ0) is 16.8. The van der Waals surface area contributed by atoms with Crippen molar-refractivity contribution in [2.75, 3.05) is 15.8 Å². The van der Waals surface area contributed by atoms with Gasteiger partial charge < -0.3 is 10.6 Å². The second-order valence-corrected chi connectivity index (χ2v) is 7.47. The summed E-state index contributed by atoms with van der Waals surface area (Å²) in [7, 11) is -3.34. The zero-order valence-corrected chi connectivity index (χ0v) is 14.3. The maximum Gasteiger partial charge on any atom is 0.319 e. The van der Waals surface area contributed by atoms with Gasteiger partial charge in [-0.15, -0.1) is 0 Å². The van der Waals surface area contributed by atoms with Crippen molar-refractivity contribution in [2.45, 2.75) is 40.2 Å². The van der Waals surface area contributed by atoms with Crippen LogP contribution in [-0.2, 0) is 10.0 Å². The van der Waals surface area contributed by atoms with Crippen LogP contribution in [0.5, 0.6) is 0 Å². The molecule has 0 saturated carbocycles. The van der Waals surface area contributed by atoms with Gasteiger partial charge in [0.25, 0.3) is 0 Å². The molecule has 0 spiro atoms. The number of hydrogen-bond donors (Lipinski definition) is 3. The lowest BCUT2D eigenvalue weighted by Gasteiger charge is -2.18. The number of urea groups is 1. The Morgan fingerprint density at radius 2 is 1.82 bits per heavy atom. The first-order valence-corrected chi connectivity index (χ1v) is 9.07. The third-order valence-electron chi connectivity index (χ3n) is 3.23. The topological polar surface area (TPSA) is 87.3 Å². The van der Waals surface area contributed by atoms with Gasteiger partial charge in [-0.25, -0.2) is 13.2 Å². The molecule has 1 aromatic carbocycles. The molecule has 22 heavy (non-hydrogen) atoms. The number of sulfonamides is 1. The smallest absolute Gasteiger partial charge is 0.319 e. The Morgan fingerprint density at radius 3 is 2.41 bits per heavy atom. The van der Waals surface area contributed by atoms with Gasteiger partial charge in [-0.2, -0.15) is 0 Å². The van der Waals surface area contributed by atoms with Crippen molar-refractivity contribution < 1.29 is 13.2 Å². The van der Waals surface area contributed by atoms with Gasteiger partial charge in [-0.3, -0.25) is 4.72 Å². The van der Waals surface area contributed by atoms with Gasteiger partial charge in [0.15, 0.2) is 0 Å². The van der Waals surface area contributed by atoms with Crippen molar-refractivity contribution in [3.63, 3.8) is 0 Å². The van der Waals surface area contributed by atoms with Crippen LogP contribution in [0.1, 0.15) is 34.1 Å². The Labute approximate surface area is 132 Å². The van der Waals surface area contributed by atoms with Crippen LogP contribution in [-0.4, -0.2) is 26.2 Å². The van der Waals surface area contributed by atoms with Crippen LogP contribution >= 0.6 is 0 Å². The summed E-state index contributed by atoms with van der Waals surface area (Å²) >= 11 is 0. The first-order valence-electron chi connectivity index (χ1n) is 7.41. The Hall–Kier alpha value is -1.76. The van der Waals surface area contributed by atoms with Gasteiger partial charge in [-0.1, -0.05) is 26.8 Å². The van der Waals surface area contributed by atoms with Gasteiger partial charge in [0.05, 0.1) is 11.4 Å². The summed E-state index contributed by atoms with van der Waals surface area (Å²) in [5, 5.41) is 5.53. The molecule has 0 heterocycles. The molecule has 3 N–H and O–H groups in total. The molecule has 0 radical (unpaired) electrons. The standard InChI is InChI=1S/C15H25N3O3S/c1-5-9-22(20,21)18-14-8-6-7-13(10-14)17-15(19)16-12(4)11(2)3/h6-8,10-12,18H,5,9H2,1-4H3,(H2,16,17,19). The highest BCUT2D eigenvalue weighted by Gasteiger charge is 2.12. The molecule has 1 rings (SSSR count). The molecule has 0 bridgehead atoms. The van der Waals surface area contributed by atoms with E-state index in [1.54, 1.807) is 31.2 Å². The van der Waals surface area contributed by atoms with Crippen LogP contribution in [0.25, 0.3) is 0 Å². The molecule has 1 unspecified atom stereocenters. The number of hydrogen-bond acceptors (Lipinski definition) is 3. The van der Waals surface area contributed by atoms with Crippen molar-refractivity contribution >= 4 is 27.4 Å². The molecule has 0 aliphatic rings. The van der Waals surface area contributed by atoms with E-state index in [0.29, 0.717) is 23.7 Å². The maximum atomic E-state index is 11.9. The summed E-state index contributed by atoms with van der Waals surface area (Å²) in [5.74, 6) is 0.398. The Kier molecular flexibility index (Phi) is 6.67. The molecule has 0 saturated heterocycles. The number of rotatable bonds is 7. The predicted molar refractivity (Wildman–Crippen MR) is 90.6 cm³/mol. The van der Waals surface area contributed by atoms with E-state index in [4.69, 9.17) is 0 Å². The van der Waals surface area contributed by atoms with E-state index in [1.165, 1.54) is 0 Å². The van der Waals surface area contributed by atoms with Gasteiger partial charge >= 0.3 is 6.03 Å². The van der Waals surface area contributed by atoms with E-state index in [1.807, 2.05) is 20.8 Å². The average Bonchev–Trinajstić information content (AvgIpc) is 2.37. The van der Waals surface area contributed by atoms with Crippen molar-refractivity contribution in [3.8, 4) is 0 Å². The number of carbonyl (C=O) groups excluding carboxylic acids is 1. The molecule has 1 atom stereocenters. The largest absolute Gasteiger partial charge is 0.335 e. The number of anilines is 2. The van der Waals surface area contributed by atoms with Crippen LogP contribution < -0.4 is 15.4 Å². The third-order valence-corrected chi connectivity index (χ3v) is 4.72. The first kappa shape index (κ1) is 18.3. The normalized spacial score (nSPS) is 12.8. The summed E-state index contributed by atoms with van der Waals surface area (Å²) in [6.07, 6.45) is 0.544. The molecule has 2 amide bonds. The molecule has 124 valence electrons. The summed E-state index contributed by atoms with van der Waals surface area (Å²) in [6, 6.07) is 6.36. The number of nitrogens with one attached hydrogen (secondary N) is 3. The molecule has 0 fully saturated rings. The molecule has 1 aromatic rings. The van der Waals surface area contributed by atoms with E-state index < -0.39 is 10.0 Å². The van der Waals surface area contributed by atoms with Crippen molar-refractivity contribution in [1.82, 2.24) is 5.32 Å². The minimum Gasteiger partial charge on any atom is -0.335 e. The van der Waals surface area contributed by atoms with Crippen LogP contribution in [0.3, 0.4) is 0 Å². The summed E-state index contributed by atoms with van der Waals surface area (Å²) in [4.78, 5) is 11.9. The monoisotopic (exact) mass is 327 g/mol. The van der Waals surface area contributed by atoms with E-state index in [9.17, 15) is 13.2 Å². The van der Waals surface area contributed by atoms with E-state index in [2.05, 4.69) is 15.4 Å². The van der Waals surface area contributed by atoms with Crippen molar-refractivity contribution in [1.29, 1.82) is 0 Å². The van der Waals surface area contributed by atoms with Crippen molar-refractivity contribution in [3.05, 3.63) is 24.3 Å². The SMILES string of the molecule is CCCS(=O)(=O)Nc1cccc(NC(=O)NC(C)C(C)C)c1. The molecule has 0 aliphatic heterocycles. The Balaban J connectivity index is 2.70. The van der Waals surface area contributed by atoms with Crippen LogP contribution in [0.2, 0.25) is 0 Å². The fraction of sp³-hybridized carbons (Fsp3) is 0.533. The highest BCUT2D eigenvalue weighted by molar-refractivity contribution is 7.92. The highest BCUT2D eigenvalue weighted by atomic mass is 32.2. The minimum absolute atomic E-state index is 0.0474. The van der Waals surface area contributed by atoms with Crippen LogP contribution in [0, 0.1) is 5.92 Å². The molecular weight excluding hydrogens is 302 g/mol. The fourth-order valence-electron chi connectivity index (χ4n) is 1.70. The molecular formula is C15H25N3O3S. The van der Waals surface area contributed by atoms with Crippen LogP contribution in [0.4, 0.5) is 16.2 Å². The first-order chi connectivity index (χ1) is 10.2. The van der Waals surface area contributed by atoms with E-state index >= 15 is 0 Å². The third kappa shape index (κ3) is 6.34. The molecule has 6 nitrogen and oxygen atoms in total. The van der Waals surface area contributed by atoms with Gasteiger partial charge in [-0.05, 0) is 37.5 Å². The quantitative estimate of drug-likeness (QED) is 0.719. The lowest BCUT2D eigenvalue weighted by Crippen LogP contribution is -2.39. The molecule has 0 aromatic heterocycles. The van der Waals surface area contributed by atoms with E-state index in [0.717, 1.165) is 0 Å². The second-order valence-electron chi connectivity index (χ2n) is 5.63. The van der Waals surface area contributed by atoms with Crippen molar-refractivity contribution in [2.24, 2.45) is 5.92 Å². The minimum atomic E-state index is -3.34. The Morgan fingerprint density at radius 1 is 1.18 bits per heavy atom. The summed E-state index contributed by atoms with van der Waals surface area (Å²) in [5.41, 5.74) is 0.966. The highest BCUT2D eigenvalue weighted by Crippen LogP contribution is 2.16. The van der Waals surface area contributed by atoms with Crippen LogP contribution in [0.15, 0.2) is 24.3 Å². The maximum absolute atomic E-state index is 11.9. The molecule has 7 heteroatoms. The van der Waals surface area contributed by atoms with E-state index in [-0.39, 0.29) is 17.8 Å². The van der Waals surface area contributed by atoms with Gasteiger partial charge in [0, 0.05) is 11.7 Å². The average molecular weight is 327 g/mol. The lowest BCUT2D eigenvalue weighted by molar-refractivity contribution is 0.246. The second kappa shape index (κ2) is 8.03. The fourth-order valence-corrected chi connectivity index (χ4v) is 2.83. The van der Waals surface area contributed by atoms with Gasteiger partial charge in [0.1, 0.15) is 0 Å². The predicted octanol–water partition coefficient (Wildman–Crippen LogP) is 3.00. The summed E-state index contributed by atoms with van der Waals surface area (Å²) < 4.78 is 26.0. The lowest BCUT2D eigenvalue weighted by atomic mass is 10.1. The zero-order valence-electron chi connectivity index (χ0n) is 13.5.